The number of furan rings is 3. The van der Waals surface area contributed by atoms with Crippen LogP contribution in [0.4, 0.5) is 0 Å². The van der Waals surface area contributed by atoms with Crippen molar-refractivity contribution in [2.75, 3.05) is 0 Å². The summed E-state index contributed by atoms with van der Waals surface area (Å²) in [6.45, 7) is 11.2. The standard InChI is InChI=1S/C44H26O.C44H32O.C42H28O/c1-2-9-32-27(7-1)8-5-12-35(32)36-24-20-31-21-25-38-33(23-19-30-22-26-39(36)43(31)42(30)38)28-15-17-29(18-16-28)34-11-6-13-40-37-10-3-4-14-41(37)45-44(34)40;1-44(2,3)32-9-6-8-31(26-32)34-23-19-30-20-24-37-33(22-18-29-21-25-38(34)42(30)41(29)37)27-14-16-28(17-15-27)35-11-7-12-39-36-10-4-5-13-40(36)45-43(35)39;1-25-10-19-31(26(2)24-25)34-21-16-30-17-22-36-32(20-15-29-18-23-37(34)41(30)40(29)36)27-11-13-28(14-12-27)33-7-5-8-38-35-6-3-4-9-39(35)43-42(33)38/h1-26H;4-26H,1-3H3;3-24H,1-2H3. The van der Waals surface area contributed by atoms with Crippen molar-refractivity contribution in [2.45, 2.75) is 40.0 Å². The van der Waals surface area contributed by atoms with Crippen molar-refractivity contribution in [2.24, 2.45) is 0 Å². The van der Waals surface area contributed by atoms with Crippen LogP contribution in [0, 0.1) is 13.8 Å². The van der Waals surface area contributed by atoms with Gasteiger partial charge in [-0.3, -0.25) is 0 Å². The van der Waals surface area contributed by atoms with Crippen molar-refractivity contribution in [1.29, 1.82) is 0 Å². The van der Waals surface area contributed by atoms with Gasteiger partial charge in [0.25, 0.3) is 0 Å². The average molecular weight is 1700 g/mol. The minimum absolute atomic E-state index is 0.100. The Bertz CT molecular complexity index is 9550. The molecular formula is C130H86O3. The maximum absolute atomic E-state index is 6.34. The van der Waals surface area contributed by atoms with Crippen LogP contribution >= 0.6 is 0 Å². The fourth-order valence-corrected chi connectivity index (χ4v) is 22.0. The first-order valence-electron chi connectivity index (χ1n) is 46.2. The first kappa shape index (κ1) is 77.4. The summed E-state index contributed by atoms with van der Waals surface area (Å²) in [5, 5.41) is 33.0. The van der Waals surface area contributed by atoms with Gasteiger partial charge in [-0.2, -0.15) is 0 Å². The van der Waals surface area contributed by atoms with Crippen molar-refractivity contribution in [1.82, 2.24) is 0 Å². The van der Waals surface area contributed by atoms with Gasteiger partial charge in [-0.1, -0.05) is 439 Å². The van der Waals surface area contributed by atoms with E-state index in [0.29, 0.717) is 0 Å². The molecule has 0 saturated heterocycles. The number of aryl methyl sites for hydroxylation is 2. The molecule has 0 amide bonds. The lowest BCUT2D eigenvalue weighted by molar-refractivity contribution is 0.590. The van der Waals surface area contributed by atoms with E-state index in [1.54, 1.807) is 0 Å². The van der Waals surface area contributed by atoms with E-state index in [4.69, 9.17) is 13.3 Å². The Morgan fingerprint density at radius 2 is 0.429 bits per heavy atom. The molecule has 25 aromatic carbocycles. The maximum atomic E-state index is 6.34. The number of hydrogen-bond donors (Lipinski definition) is 0. The molecule has 0 atom stereocenters. The molecule has 0 unspecified atom stereocenters. The summed E-state index contributed by atoms with van der Waals surface area (Å²) in [7, 11) is 0. The Kier molecular flexibility index (Phi) is 17.7. The molecule has 0 aliphatic heterocycles. The molecular weight excluding hydrogens is 1610 g/mol. The summed E-state index contributed by atoms with van der Waals surface area (Å²) in [5.41, 5.74) is 31.6. The maximum Gasteiger partial charge on any atom is 0.143 e. The zero-order chi connectivity index (χ0) is 88.4. The minimum Gasteiger partial charge on any atom is -0.455 e. The lowest BCUT2D eigenvalue weighted by Gasteiger charge is -2.21. The number of hydrogen-bond acceptors (Lipinski definition) is 3. The lowest BCUT2D eigenvalue weighted by atomic mass is 9.84. The van der Waals surface area contributed by atoms with E-state index in [1.165, 1.54) is 191 Å². The highest BCUT2D eigenvalue weighted by Crippen LogP contribution is 2.50. The zero-order valence-corrected chi connectivity index (χ0v) is 74.2. The predicted octanol–water partition coefficient (Wildman–Crippen LogP) is 37.5. The van der Waals surface area contributed by atoms with E-state index in [9.17, 15) is 0 Å². The minimum atomic E-state index is 0.100. The smallest absolute Gasteiger partial charge is 0.143 e. The molecule has 0 N–H and O–H groups in total. The number of para-hydroxylation sites is 6. The topological polar surface area (TPSA) is 39.4 Å². The molecule has 3 aromatic heterocycles. The fraction of sp³-hybridized carbons (Fsp3) is 0.0462. The number of rotatable bonds is 9. The van der Waals surface area contributed by atoms with Crippen molar-refractivity contribution in [3.05, 3.63) is 447 Å². The molecule has 0 bridgehead atoms. The second-order valence-corrected chi connectivity index (χ2v) is 37.2. The van der Waals surface area contributed by atoms with Crippen LogP contribution in [0.3, 0.4) is 0 Å². The Balaban J connectivity index is 0.000000104. The van der Waals surface area contributed by atoms with Crippen LogP contribution in [0.15, 0.2) is 444 Å². The van der Waals surface area contributed by atoms with Crippen molar-refractivity contribution in [3.8, 4) is 100 Å². The monoisotopic (exact) mass is 1690 g/mol. The lowest BCUT2D eigenvalue weighted by Crippen LogP contribution is -2.10. The fourth-order valence-electron chi connectivity index (χ4n) is 22.0. The van der Waals surface area contributed by atoms with Gasteiger partial charge in [0.05, 0.1) is 0 Å². The highest BCUT2D eigenvalue weighted by molar-refractivity contribution is 6.31. The van der Waals surface area contributed by atoms with Gasteiger partial charge < -0.3 is 13.3 Å². The molecule has 0 spiro atoms. The van der Waals surface area contributed by atoms with Gasteiger partial charge in [-0.25, -0.2) is 0 Å². The third-order valence-corrected chi connectivity index (χ3v) is 28.5. The van der Waals surface area contributed by atoms with Gasteiger partial charge >= 0.3 is 0 Å². The first-order valence-corrected chi connectivity index (χ1v) is 46.2. The van der Waals surface area contributed by atoms with Gasteiger partial charge in [0.2, 0.25) is 0 Å². The van der Waals surface area contributed by atoms with Crippen LogP contribution in [-0.4, -0.2) is 0 Å². The van der Waals surface area contributed by atoms with E-state index in [2.05, 4.69) is 429 Å². The molecule has 3 nitrogen and oxygen atoms in total. The summed E-state index contributed by atoms with van der Waals surface area (Å²) < 4.78 is 19.0. The van der Waals surface area contributed by atoms with E-state index < -0.39 is 0 Å². The highest BCUT2D eigenvalue weighted by atomic mass is 16.3. The molecule has 3 heterocycles. The number of fused-ring (bicyclic) bond motifs is 10. The number of benzene rings is 25. The van der Waals surface area contributed by atoms with E-state index in [-0.39, 0.29) is 5.41 Å². The van der Waals surface area contributed by atoms with Crippen LogP contribution in [-0.2, 0) is 5.41 Å². The summed E-state index contributed by atoms with van der Waals surface area (Å²) in [6.07, 6.45) is 0. The summed E-state index contributed by atoms with van der Waals surface area (Å²) in [4.78, 5) is 0. The molecule has 0 saturated carbocycles. The van der Waals surface area contributed by atoms with Gasteiger partial charge in [-0.05, 0) is 240 Å². The van der Waals surface area contributed by atoms with Crippen molar-refractivity contribution < 1.29 is 13.3 Å². The third kappa shape index (κ3) is 12.6. The average Bonchev–Trinajstić information content (AvgIpc) is 1.04. The SMILES string of the molecule is CC(C)(C)c1cccc(-c2ccc3ccc4c(-c5ccc(-c6cccc7c6oc6ccccc67)cc5)ccc5ccc2c3c54)c1.Cc1ccc(-c2ccc3ccc4c(-c5ccc(-c6cccc7c6oc6ccccc67)cc5)ccc5ccc2c3c54)c(C)c1.c1ccc2c(-c3ccc4ccc5c(-c6ccc(-c7cccc8c7oc7ccccc78)cc6)ccc6ccc3c4c65)cccc2c1. The highest BCUT2D eigenvalue weighted by Gasteiger charge is 2.24. The normalized spacial score (nSPS) is 12.1. The second kappa shape index (κ2) is 30.5. The molecule has 133 heavy (non-hydrogen) atoms. The van der Waals surface area contributed by atoms with Gasteiger partial charge in [-0.15, -0.1) is 0 Å². The molecule has 0 radical (unpaired) electrons. The van der Waals surface area contributed by atoms with Crippen molar-refractivity contribution in [3.63, 3.8) is 0 Å². The Hall–Kier alpha value is -16.7. The Morgan fingerprint density at radius 1 is 0.165 bits per heavy atom. The quantitative estimate of drug-likeness (QED) is 0.135. The van der Waals surface area contributed by atoms with E-state index in [0.717, 1.165) is 99.2 Å². The van der Waals surface area contributed by atoms with Gasteiger partial charge in [0.15, 0.2) is 0 Å². The summed E-state index contributed by atoms with van der Waals surface area (Å²) in [5.74, 6) is 0. The first-order chi connectivity index (χ1) is 65.4. The zero-order valence-electron chi connectivity index (χ0n) is 74.2. The summed E-state index contributed by atoms with van der Waals surface area (Å²) in [6, 6.07) is 157. The van der Waals surface area contributed by atoms with Crippen LogP contribution < -0.4 is 0 Å². The predicted molar refractivity (Wildman–Crippen MR) is 567 cm³/mol. The molecule has 3 heteroatoms. The molecule has 624 valence electrons. The Labute approximate surface area is 768 Å². The van der Waals surface area contributed by atoms with E-state index >= 15 is 0 Å². The van der Waals surface area contributed by atoms with Crippen molar-refractivity contribution >= 4 is 174 Å². The van der Waals surface area contributed by atoms with E-state index in [1.807, 2.05) is 36.4 Å². The molecule has 28 aromatic rings. The molecule has 0 fully saturated rings. The second-order valence-electron chi connectivity index (χ2n) is 37.2. The third-order valence-electron chi connectivity index (χ3n) is 28.5. The Morgan fingerprint density at radius 3 is 0.797 bits per heavy atom. The van der Waals surface area contributed by atoms with Crippen LogP contribution in [0.1, 0.15) is 37.5 Å². The van der Waals surface area contributed by atoms with Gasteiger partial charge in [0.1, 0.15) is 33.5 Å². The summed E-state index contributed by atoms with van der Waals surface area (Å²) >= 11 is 0. The van der Waals surface area contributed by atoms with Crippen LogP contribution in [0.25, 0.3) is 274 Å². The van der Waals surface area contributed by atoms with Crippen LogP contribution in [0.5, 0.6) is 0 Å². The van der Waals surface area contributed by atoms with Crippen LogP contribution in [0.2, 0.25) is 0 Å². The largest absolute Gasteiger partial charge is 0.455 e. The van der Waals surface area contributed by atoms with Gasteiger partial charge in [0, 0.05) is 49.0 Å². The molecule has 28 rings (SSSR count). The molecule has 0 aliphatic rings. The molecule has 0 aliphatic carbocycles.